The summed E-state index contributed by atoms with van der Waals surface area (Å²) in [4.78, 5) is 26.5. The molecule has 0 bridgehead atoms. The summed E-state index contributed by atoms with van der Waals surface area (Å²) in [6.07, 6.45) is 3.46. The number of para-hydroxylation sites is 1. The van der Waals surface area contributed by atoms with Crippen molar-refractivity contribution in [2.24, 2.45) is 0 Å². The zero-order chi connectivity index (χ0) is 16.9. The molecular weight excluding hydrogens is 306 g/mol. The molecule has 6 heteroatoms. The third kappa shape index (κ3) is 3.49. The van der Waals surface area contributed by atoms with Crippen LogP contribution in [0.1, 0.15) is 33.8 Å². The van der Waals surface area contributed by atoms with E-state index in [4.69, 9.17) is 4.42 Å². The molecule has 0 unspecified atom stereocenters. The number of anilines is 1. The molecular formula is C18H21N3O3. The number of carbonyl (C=O) groups is 2. The Hall–Kier alpha value is -2.60. The second kappa shape index (κ2) is 7.31. The van der Waals surface area contributed by atoms with Gasteiger partial charge in [0, 0.05) is 19.6 Å². The number of piperidine rings is 1. The van der Waals surface area contributed by atoms with Gasteiger partial charge in [0.2, 0.25) is 0 Å². The molecule has 2 aromatic rings. The summed E-state index contributed by atoms with van der Waals surface area (Å²) in [5.41, 5.74) is 1.03. The van der Waals surface area contributed by atoms with E-state index in [1.165, 1.54) is 11.2 Å². The van der Waals surface area contributed by atoms with Crippen LogP contribution in [0.15, 0.2) is 47.1 Å². The fraction of sp³-hybridized carbons (Fsp3) is 0.333. The van der Waals surface area contributed by atoms with Crippen LogP contribution >= 0.6 is 0 Å². The maximum absolute atomic E-state index is 12.6. The van der Waals surface area contributed by atoms with E-state index < -0.39 is 0 Å². The normalized spacial score (nSPS) is 17.3. The van der Waals surface area contributed by atoms with Gasteiger partial charge in [0.05, 0.1) is 17.5 Å². The van der Waals surface area contributed by atoms with Crippen molar-refractivity contribution in [3.8, 4) is 0 Å². The van der Waals surface area contributed by atoms with Gasteiger partial charge in [-0.2, -0.15) is 0 Å². The van der Waals surface area contributed by atoms with E-state index in [1.54, 1.807) is 43.4 Å². The van der Waals surface area contributed by atoms with Gasteiger partial charge in [0.1, 0.15) is 0 Å². The number of nitrogens with zero attached hydrogens (tertiary/aromatic N) is 1. The minimum absolute atomic E-state index is 0.116. The molecule has 1 atom stereocenters. The van der Waals surface area contributed by atoms with E-state index in [1.807, 2.05) is 0 Å². The second-order valence-corrected chi connectivity index (χ2v) is 5.88. The number of benzene rings is 1. The van der Waals surface area contributed by atoms with Crippen LogP contribution in [0.3, 0.4) is 0 Å². The van der Waals surface area contributed by atoms with Crippen molar-refractivity contribution < 1.29 is 14.0 Å². The molecule has 1 aliphatic rings. The molecule has 0 saturated carbocycles. The van der Waals surface area contributed by atoms with Crippen LogP contribution in [0.2, 0.25) is 0 Å². The Morgan fingerprint density at radius 3 is 2.79 bits per heavy atom. The van der Waals surface area contributed by atoms with Crippen LogP contribution in [0.25, 0.3) is 0 Å². The van der Waals surface area contributed by atoms with Gasteiger partial charge in [-0.25, -0.2) is 0 Å². The fourth-order valence-corrected chi connectivity index (χ4v) is 2.87. The first-order valence-corrected chi connectivity index (χ1v) is 8.09. The molecule has 1 aromatic carbocycles. The molecule has 1 aromatic heterocycles. The molecule has 0 radical (unpaired) electrons. The number of nitrogens with one attached hydrogen (secondary N) is 2. The number of carbonyl (C=O) groups excluding carboxylic acids is 2. The van der Waals surface area contributed by atoms with Crippen molar-refractivity contribution >= 4 is 17.5 Å². The summed E-state index contributed by atoms with van der Waals surface area (Å²) in [6.45, 7) is 1.76. The van der Waals surface area contributed by atoms with Crippen molar-refractivity contribution in [3.05, 3.63) is 54.0 Å². The lowest BCUT2D eigenvalue weighted by atomic mass is 10.1. The van der Waals surface area contributed by atoms with Crippen molar-refractivity contribution in [2.75, 3.05) is 25.0 Å². The minimum Gasteiger partial charge on any atom is -0.459 e. The predicted octanol–water partition coefficient (Wildman–Crippen LogP) is 2.04. The molecule has 1 saturated heterocycles. The molecule has 6 nitrogen and oxygen atoms in total. The van der Waals surface area contributed by atoms with E-state index in [0.29, 0.717) is 11.3 Å². The number of furan rings is 1. The summed E-state index contributed by atoms with van der Waals surface area (Å²) in [6, 6.07) is 10.5. The van der Waals surface area contributed by atoms with Crippen molar-refractivity contribution in [1.29, 1.82) is 0 Å². The zero-order valence-electron chi connectivity index (χ0n) is 13.6. The highest BCUT2D eigenvalue weighted by Gasteiger charge is 2.23. The van der Waals surface area contributed by atoms with Crippen LogP contribution in [-0.2, 0) is 0 Å². The summed E-state index contributed by atoms with van der Waals surface area (Å²) < 4.78 is 5.16. The maximum atomic E-state index is 12.6. The Morgan fingerprint density at radius 1 is 1.25 bits per heavy atom. The highest BCUT2D eigenvalue weighted by Crippen LogP contribution is 2.21. The molecule has 126 valence electrons. The van der Waals surface area contributed by atoms with Crippen molar-refractivity contribution in [3.63, 3.8) is 0 Å². The van der Waals surface area contributed by atoms with Gasteiger partial charge in [-0.05, 0) is 43.7 Å². The SMILES string of the molecule is CN(C(=O)c1ccco1)c1ccccc1C(=O)N[C@H]1CCCNC1. The Morgan fingerprint density at radius 2 is 2.08 bits per heavy atom. The smallest absolute Gasteiger partial charge is 0.293 e. The standard InChI is InChI=1S/C18H21N3O3/c1-21(18(23)16-9-5-11-24-16)15-8-3-2-7-14(15)17(22)20-13-6-4-10-19-12-13/h2-3,5,7-9,11,13,19H,4,6,10,12H2,1H3,(H,20,22)/t13-/m0/s1. The molecule has 2 heterocycles. The average molecular weight is 327 g/mol. The predicted molar refractivity (Wildman–Crippen MR) is 91.2 cm³/mol. The topological polar surface area (TPSA) is 74.6 Å². The molecule has 1 aliphatic heterocycles. The van der Waals surface area contributed by atoms with Gasteiger partial charge < -0.3 is 20.0 Å². The van der Waals surface area contributed by atoms with Gasteiger partial charge in [-0.3, -0.25) is 9.59 Å². The Kier molecular flexibility index (Phi) is 4.96. The lowest BCUT2D eigenvalue weighted by molar-refractivity contribution is 0.0931. The number of hydrogen-bond acceptors (Lipinski definition) is 4. The average Bonchev–Trinajstić information content (AvgIpc) is 3.16. The first kappa shape index (κ1) is 16.3. The van der Waals surface area contributed by atoms with Crippen LogP contribution in [0.5, 0.6) is 0 Å². The quantitative estimate of drug-likeness (QED) is 0.901. The van der Waals surface area contributed by atoms with E-state index in [9.17, 15) is 9.59 Å². The molecule has 2 amide bonds. The molecule has 24 heavy (non-hydrogen) atoms. The summed E-state index contributed by atoms with van der Waals surface area (Å²) >= 11 is 0. The number of amides is 2. The van der Waals surface area contributed by atoms with Gasteiger partial charge in [0.25, 0.3) is 11.8 Å². The third-order valence-corrected chi connectivity index (χ3v) is 4.18. The second-order valence-electron chi connectivity index (χ2n) is 5.88. The highest BCUT2D eigenvalue weighted by molar-refractivity contribution is 6.09. The van der Waals surface area contributed by atoms with Crippen molar-refractivity contribution in [2.45, 2.75) is 18.9 Å². The lowest BCUT2D eigenvalue weighted by Crippen LogP contribution is -2.46. The van der Waals surface area contributed by atoms with E-state index in [0.717, 1.165) is 25.9 Å². The van der Waals surface area contributed by atoms with E-state index in [-0.39, 0.29) is 23.6 Å². The Balaban J connectivity index is 1.79. The Labute approximate surface area is 140 Å². The summed E-state index contributed by atoms with van der Waals surface area (Å²) in [7, 11) is 1.64. The van der Waals surface area contributed by atoms with Crippen LogP contribution in [-0.4, -0.2) is 38.0 Å². The van der Waals surface area contributed by atoms with E-state index >= 15 is 0 Å². The minimum atomic E-state index is -0.292. The van der Waals surface area contributed by atoms with Gasteiger partial charge >= 0.3 is 0 Å². The highest BCUT2D eigenvalue weighted by atomic mass is 16.3. The largest absolute Gasteiger partial charge is 0.459 e. The van der Waals surface area contributed by atoms with Crippen molar-refractivity contribution in [1.82, 2.24) is 10.6 Å². The fourth-order valence-electron chi connectivity index (χ4n) is 2.87. The molecule has 0 spiro atoms. The first-order valence-electron chi connectivity index (χ1n) is 8.09. The van der Waals surface area contributed by atoms with Gasteiger partial charge in [-0.1, -0.05) is 12.1 Å². The molecule has 3 rings (SSSR count). The molecule has 2 N–H and O–H groups in total. The van der Waals surface area contributed by atoms with Gasteiger partial charge in [-0.15, -0.1) is 0 Å². The number of hydrogen-bond donors (Lipinski definition) is 2. The summed E-state index contributed by atoms with van der Waals surface area (Å²) in [5, 5.41) is 6.32. The van der Waals surface area contributed by atoms with E-state index in [2.05, 4.69) is 10.6 Å². The van der Waals surface area contributed by atoms with Crippen LogP contribution in [0, 0.1) is 0 Å². The molecule has 1 fully saturated rings. The van der Waals surface area contributed by atoms with Crippen LogP contribution in [0.4, 0.5) is 5.69 Å². The summed E-state index contributed by atoms with van der Waals surface area (Å²) in [5.74, 6) is -0.220. The zero-order valence-corrected chi connectivity index (χ0v) is 13.6. The van der Waals surface area contributed by atoms with Crippen LogP contribution < -0.4 is 15.5 Å². The lowest BCUT2D eigenvalue weighted by Gasteiger charge is -2.25. The maximum Gasteiger partial charge on any atom is 0.293 e. The molecule has 0 aliphatic carbocycles. The monoisotopic (exact) mass is 327 g/mol. The Bertz CT molecular complexity index is 706. The number of rotatable bonds is 4. The van der Waals surface area contributed by atoms with Gasteiger partial charge in [0.15, 0.2) is 5.76 Å². The third-order valence-electron chi connectivity index (χ3n) is 4.18. The first-order chi connectivity index (χ1) is 11.7.